The molecule has 0 atom stereocenters. The van der Waals surface area contributed by atoms with Crippen molar-refractivity contribution in [3.8, 4) is 0 Å². The number of hydrogen-bond donors (Lipinski definition) is 3. The van der Waals surface area contributed by atoms with Gasteiger partial charge in [-0.2, -0.15) is 0 Å². The molecule has 124 valence electrons. The van der Waals surface area contributed by atoms with Gasteiger partial charge in [-0.3, -0.25) is 0 Å². The Morgan fingerprint density at radius 1 is 1.30 bits per heavy atom. The number of carbonyl (C=O) groups excluding carboxylic acids is 3. The smallest absolute Gasteiger partial charge is 0.338 e. The van der Waals surface area contributed by atoms with Crippen molar-refractivity contribution in [1.82, 2.24) is 15.5 Å². The second-order valence-corrected chi connectivity index (χ2v) is 4.90. The van der Waals surface area contributed by atoms with E-state index in [0.29, 0.717) is 44.0 Å². The van der Waals surface area contributed by atoms with Gasteiger partial charge in [-0.1, -0.05) is 0 Å². The first-order chi connectivity index (χ1) is 11.1. The van der Waals surface area contributed by atoms with Crippen LogP contribution < -0.4 is 16.0 Å². The van der Waals surface area contributed by atoms with Gasteiger partial charge in [-0.15, -0.1) is 0 Å². The molecule has 0 unspecified atom stereocenters. The number of benzene rings is 1. The van der Waals surface area contributed by atoms with Gasteiger partial charge in [0.05, 0.1) is 12.2 Å². The van der Waals surface area contributed by atoms with Gasteiger partial charge in [-0.25, -0.2) is 14.4 Å². The number of rotatable bonds is 6. The summed E-state index contributed by atoms with van der Waals surface area (Å²) in [6.07, 6.45) is 0. The van der Waals surface area contributed by atoms with Gasteiger partial charge < -0.3 is 25.6 Å². The molecule has 0 radical (unpaired) electrons. The first kappa shape index (κ1) is 16.6. The Morgan fingerprint density at radius 3 is 2.65 bits per heavy atom. The van der Waals surface area contributed by atoms with Crippen LogP contribution in [0.15, 0.2) is 24.3 Å². The lowest BCUT2D eigenvalue weighted by atomic mass is 10.2. The Labute approximate surface area is 134 Å². The van der Waals surface area contributed by atoms with Crippen molar-refractivity contribution in [2.24, 2.45) is 0 Å². The lowest BCUT2D eigenvalue weighted by Gasteiger charge is -2.14. The van der Waals surface area contributed by atoms with Crippen molar-refractivity contribution in [2.75, 3.05) is 38.1 Å². The van der Waals surface area contributed by atoms with Gasteiger partial charge in [0, 0.05) is 31.9 Å². The number of hydrogen-bond acceptors (Lipinski definition) is 4. The first-order valence-corrected chi connectivity index (χ1v) is 7.45. The molecule has 1 aromatic rings. The van der Waals surface area contributed by atoms with Gasteiger partial charge in [0.1, 0.15) is 0 Å². The molecule has 1 heterocycles. The van der Waals surface area contributed by atoms with Crippen molar-refractivity contribution in [2.45, 2.75) is 6.92 Å². The van der Waals surface area contributed by atoms with Gasteiger partial charge in [0.15, 0.2) is 0 Å². The number of nitrogens with one attached hydrogen (secondary N) is 3. The summed E-state index contributed by atoms with van der Waals surface area (Å²) in [5.74, 6) is -0.396. The fourth-order valence-electron chi connectivity index (χ4n) is 2.11. The molecule has 0 spiro atoms. The molecule has 1 saturated heterocycles. The minimum Gasteiger partial charge on any atom is -0.462 e. The summed E-state index contributed by atoms with van der Waals surface area (Å²) in [5, 5.41) is 8.02. The number of ether oxygens (including phenoxy) is 1. The van der Waals surface area contributed by atoms with Crippen LogP contribution in [0.3, 0.4) is 0 Å². The van der Waals surface area contributed by atoms with Crippen LogP contribution in [0.5, 0.6) is 0 Å². The fraction of sp³-hybridized carbons (Fsp3) is 0.400. The topological polar surface area (TPSA) is 99.8 Å². The Bertz CT molecular complexity index is 573. The molecule has 8 heteroatoms. The van der Waals surface area contributed by atoms with Crippen molar-refractivity contribution >= 4 is 23.7 Å². The summed E-state index contributed by atoms with van der Waals surface area (Å²) >= 11 is 0. The third kappa shape index (κ3) is 4.87. The molecule has 0 aliphatic carbocycles. The van der Waals surface area contributed by atoms with Gasteiger partial charge >= 0.3 is 18.0 Å². The molecule has 0 saturated carbocycles. The molecule has 1 aliphatic rings. The highest BCUT2D eigenvalue weighted by atomic mass is 16.5. The maximum absolute atomic E-state index is 11.8. The van der Waals surface area contributed by atoms with Crippen LogP contribution in [0.1, 0.15) is 17.3 Å². The zero-order valence-corrected chi connectivity index (χ0v) is 12.9. The van der Waals surface area contributed by atoms with Crippen LogP contribution in [-0.2, 0) is 4.74 Å². The molecule has 4 amide bonds. The average molecular weight is 320 g/mol. The monoisotopic (exact) mass is 320 g/mol. The van der Waals surface area contributed by atoms with Crippen LogP contribution >= 0.6 is 0 Å². The van der Waals surface area contributed by atoms with E-state index in [1.165, 1.54) is 0 Å². The molecule has 23 heavy (non-hydrogen) atoms. The molecule has 0 aromatic heterocycles. The number of carbonyl (C=O) groups is 3. The molecule has 0 bridgehead atoms. The summed E-state index contributed by atoms with van der Waals surface area (Å²) < 4.78 is 4.88. The van der Waals surface area contributed by atoms with E-state index in [2.05, 4.69) is 16.0 Å². The number of esters is 1. The van der Waals surface area contributed by atoms with E-state index in [9.17, 15) is 14.4 Å². The molecule has 1 aliphatic heterocycles. The summed E-state index contributed by atoms with van der Waals surface area (Å²) in [6, 6.07) is 5.94. The molecule has 2 rings (SSSR count). The highest BCUT2D eigenvalue weighted by molar-refractivity contribution is 5.92. The van der Waals surface area contributed by atoms with E-state index >= 15 is 0 Å². The molecule has 8 nitrogen and oxygen atoms in total. The van der Waals surface area contributed by atoms with Crippen molar-refractivity contribution in [1.29, 1.82) is 0 Å². The Kier molecular flexibility index (Phi) is 5.79. The average Bonchev–Trinajstić information content (AvgIpc) is 2.93. The number of amides is 4. The summed E-state index contributed by atoms with van der Waals surface area (Å²) in [4.78, 5) is 36.2. The van der Waals surface area contributed by atoms with Crippen molar-refractivity contribution in [3.63, 3.8) is 0 Å². The predicted molar refractivity (Wildman–Crippen MR) is 84.4 cm³/mol. The second kappa shape index (κ2) is 8.02. The quantitative estimate of drug-likeness (QED) is 0.681. The van der Waals surface area contributed by atoms with Crippen LogP contribution in [0.2, 0.25) is 0 Å². The van der Waals surface area contributed by atoms with Crippen LogP contribution in [0.25, 0.3) is 0 Å². The first-order valence-electron chi connectivity index (χ1n) is 7.45. The maximum Gasteiger partial charge on any atom is 0.338 e. The van der Waals surface area contributed by atoms with Crippen molar-refractivity contribution in [3.05, 3.63) is 29.8 Å². The van der Waals surface area contributed by atoms with Crippen molar-refractivity contribution < 1.29 is 19.1 Å². The number of anilines is 1. The second-order valence-electron chi connectivity index (χ2n) is 4.90. The molecule has 1 aromatic carbocycles. The zero-order chi connectivity index (χ0) is 16.7. The van der Waals surface area contributed by atoms with Gasteiger partial charge in [0.2, 0.25) is 0 Å². The SMILES string of the molecule is CCOC(=O)c1ccc(NC(=O)NCCN2CCNC2=O)cc1. The van der Waals surface area contributed by atoms with E-state index in [0.717, 1.165) is 0 Å². The van der Waals surface area contributed by atoms with E-state index in [4.69, 9.17) is 4.74 Å². The Balaban J connectivity index is 1.74. The van der Waals surface area contributed by atoms with Crippen LogP contribution in [0, 0.1) is 0 Å². The minimum atomic E-state index is -0.396. The highest BCUT2D eigenvalue weighted by Gasteiger charge is 2.18. The summed E-state index contributed by atoms with van der Waals surface area (Å²) in [5.41, 5.74) is 0.993. The molecule has 3 N–H and O–H groups in total. The lowest BCUT2D eigenvalue weighted by Crippen LogP contribution is -2.38. The van der Waals surface area contributed by atoms with E-state index in [1.54, 1.807) is 36.1 Å². The van der Waals surface area contributed by atoms with E-state index < -0.39 is 5.97 Å². The fourth-order valence-corrected chi connectivity index (χ4v) is 2.11. The van der Waals surface area contributed by atoms with Crippen LogP contribution in [-0.4, -0.2) is 55.7 Å². The Hall–Kier alpha value is -2.77. The third-order valence-electron chi connectivity index (χ3n) is 3.27. The van der Waals surface area contributed by atoms with E-state index in [1.807, 2.05) is 0 Å². The molecule has 1 fully saturated rings. The lowest BCUT2D eigenvalue weighted by molar-refractivity contribution is 0.0526. The Morgan fingerprint density at radius 2 is 2.04 bits per heavy atom. The van der Waals surface area contributed by atoms with Gasteiger partial charge in [-0.05, 0) is 31.2 Å². The number of urea groups is 2. The normalized spacial score (nSPS) is 13.4. The van der Waals surface area contributed by atoms with Gasteiger partial charge in [0.25, 0.3) is 0 Å². The maximum atomic E-state index is 11.8. The predicted octanol–water partition coefficient (Wildman–Crippen LogP) is 1.01. The highest BCUT2D eigenvalue weighted by Crippen LogP contribution is 2.10. The van der Waals surface area contributed by atoms with E-state index in [-0.39, 0.29) is 12.1 Å². The zero-order valence-electron chi connectivity index (χ0n) is 12.9. The molecular weight excluding hydrogens is 300 g/mol. The summed E-state index contributed by atoms with van der Waals surface area (Å²) in [7, 11) is 0. The molecular formula is C15H20N4O4. The standard InChI is InChI=1S/C15H20N4O4/c1-2-23-13(20)11-3-5-12(6-4-11)18-14(21)16-7-9-19-10-8-17-15(19)22/h3-6H,2,7-10H2,1H3,(H,17,22)(H2,16,18,21). The minimum absolute atomic E-state index is 0.109. The third-order valence-corrected chi connectivity index (χ3v) is 3.27. The van der Waals surface area contributed by atoms with Crippen LogP contribution in [0.4, 0.5) is 15.3 Å². The number of nitrogens with zero attached hydrogens (tertiary/aromatic N) is 1. The summed E-state index contributed by atoms with van der Waals surface area (Å²) in [6.45, 7) is 4.16. The largest absolute Gasteiger partial charge is 0.462 e.